The molecule has 0 saturated heterocycles. The molecule has 1 aromatic rings. The number of unbranched alkanes of at least 4 members (excludes halogenated alkanes) is 1. The van der Waals surface area contributed by atoms with Gasteiger partial charge in [0.2, 0.25) is 0 Å². The van der Waals surface area contributed by atoms with Crippen LogP contribution in [0.5, 0.6) is 0 Å². The Labute approximate surface area is 80.0 Å². The molecule has 0 aliphatic heterocycles. The molecular formula is C10H19N3. The van der Waals surface area contributed by atoms with Crippen LogP contribution in [0.4, 0.5) is 0 Å². The van der Waals surface area contributed by atoms with Gasteiger partial charge < -0.3 is 10.3 Å². The molecule has 0 aliphatic carbocycles. The van der Waals surface area contributed by atoms with Crippen LogP contribution in [0.2, 0.25) is 0 Å². The molecule has 3 nitrogen and oxygen atoms in total. The highest BCUT2D eigenvalue weighted by Gasteiger charge is 2.09. The van der Waals surface area contributed by atoms with Gasteiger partial charge in [-0.15, -0.1) is 0 Å². The van der Waals surface area contributed by atoms with E-state index >= 15 is 0 Å². The third kappa shape index (κ3) is 2.56. The van der Waals surface area contributed by atoms with Crippen LogP contribution in [-0.2, 0) is 6.54 Å². The molecule has 13 heavy (non-hydrogen) atoms. The number of hydrogen-bond acceptors (Lipinski definition) is 2. The predicted molar refractivity (Wildman–Crippen MR) is 54.4 cm³/mol. The summed E-state index contributed by atoms with van der Waals surface area (Å²) in [4.78, 5) is 4.28. The summed E-state index contributed by atoms with van der Waals surface area (Å²) in [5, 5.41) is 0. The molecule has 0 aliphatic rings. The average Bonchev–Trinajstić information content (AvgIpc) is 2.61. The summed E-state index contributed by atoms with van der Waals surface area (Å²) in [5.41, 5.74) is 5.93. The van der Waals surface area contributed by atoms with Crippen LogP contribution in [0, 0.1) is 0 Å². The van der Waals surface area contributed by atoms with Gasteiger partial charge in [-0.1, -0.05) is 20.3 Å². The van der Waals surface area contributed by atoms with E-state index in [1.54, 1.807) is 0 Å². The van der Waals surface area contributed by atoms with Gasteiger partial charge >= 0.3 is 0 Å². The van der Waals surface area contributed by atoms with Crippen molar-refractivity contribution >= 4 is 0 Å². The minimum atomic E-state index is 0.0897. The van der Waals surface area contributed by atoms with E-state index in [2.05, 4.69) is 23.4 Å². The molecule has 1 heterocycles. The second-order valence-electron chi connectivity index (χ2n) is 3.35. The number of imidazole rings is 1. The zero-order valence-electron chi connectivity index (χ0n) is 8.53. The number of hydrogen-bond donors (Lipinski definition) is 1. The van der Waals surface area contributed by atoms with Crippen molar-refractivity contribution in [2.75, 3.05) is 0 Å². The first kappa shape index (κ1) is 10.3. The van der Waals surface area contributed by atoms with E-state index in [0.29, 0.717) is 0 Å². The fourth-order valence-corrected chi connectivity index (χ4v) is 1.35. The van der Waals surface area contributed by atoms with Crippen molar-refractivity contribution < 1.29 is 0 Å². The van der Waals surface area contributed by atoms with Gasteiger partial charge in [0.25, 0.3) is 0 Å². The van der Waals surface area contributed by atoms with Gasteiger partial charge in [0.05, 0.1) is 6.04 Å². The van der Waals surface area contributed by atoms with E-state index in [1.165, 1.54) is 12.8 Å². The van der Waals surface area contributed by atoms with Crippen LogP contribution in [0.15, 0.2) is 12.4 Å². The lowest BCUT2D eigenvalue weighted by Crippen LogP contribution is -2.15. The van der Waals surface area contributed by atoms with Crippen molar-refractivity contribution in [1.29, 1.82) is 0 Å². The molecule has 1 rings (SSSR count). The predicted octanol–water partition coefficient (Wildman–Crippen LogP) is 2.09. The minimum Gasteiger partial charge on any atom is -0.334 e. The van der Waals surface area contributed by atoms with E-state index < -0.39 is 0 Å². The molecule has 1 aromatic heterocycles. The lowest BCUT2D eigenvalue weighted by molar-refractivity contribution is 0.550. The second-order valence-corrected chi connectivity index (χ2v) is 3.35. The van der Waals surface area contributed by atoms with E-state index in [4.69, 9.17) is 5.73 Å². The third-order valence-corrected chi connectivity index (χ3v) is 2.27. The molecule has 0 fully saturated rings. The second kappa shape index (κ2) is 5.02. The fourth-order valence-electron chi connectivity index (χ4n) is 1.35. The summed E-state index contributed by atoms with van der Waals surface area (Å²) in [7, 11) is 0. The fraction of sp³-hybridized carbons (Fsp3) is 0.700. The lowest BCUT2D eigenvalue weighted by atomic mass is 10.2. The van der Waals surface area contributed by atoms with Gasteiger partial charge in [-0.05, 0) is 12.8 Å². The molecule has 0 bridgehead atoms. The van der Waals surface area contributed by atoms with Crippen LogP contribution in [-0.4, -0.2) is 9.55 Å². The molecule has 2 N–H and O–H groups in total. The number of rotatable bonds is 5. The topological polar surface area (TPSA) is 43.8 Å². The van der Waals surface area contributed by atoms with Gasteiger partial charge in [-0.2, -0.15) is 0 Å². The highest BCUT2D eigenvalue weighted by atomic mass is 15.1. The zero-order chi connectivity index (χ0) is 9.68. The summed E-state index contributed by atoms with van der Waals surface area (Å²) in [6, 6.07) is 0.0897. The van der Waals surface area contributed by atoms with Crippen LogP contribution in [0.3, 0.4) is 0 Å². The Morgan fingerprint density at radius 3 is 2.92 bits per heavy atom. The monoisotopic (exact) mass is 181 g/mol. The van der Waals surface area contributed by atoms with Gasteiger partial charge in [0.1, 0.15) is 5.82 Å². The molecular weight excluding hydrogens is 162 g/mol. The van der Waals surface area contributed by atoms with Gasteiger partial charge in [-0.3, -0.25) is 0 Å². The zero-order valence-corrected chi connectivity index (χ0v) is 8.53. The van der Waals surface area contributed by atoms with E-state index in [-0.39, 0.29) is 6.04 Å². The highest BCUT2D eigenvalue weighted by Crippen LogP contribution is 2.11. The molecule has 0 saturated carbocycles. The van der Waals surface area contributed by atoms with Crippen molar-refractivity contribution in [3.8, 4) is 0 Å². The van der Waals surface area contributed by atoms with Crippen LogP contribution in [0.1, 0.15) is 45.0 Å². The lowest BCUT2D eigenvalue weighted by Gasteiger charge is -2.11. The van der Waals surface area contributed by atoms with Crippen LogP contribution >= 0.6 is 0 Å². The number of nitrogens with two attached hydrogens (primary N) is 1. The molecule has 1 atom stereocenters. The molecule has 0 amide bonds. The maximum Gasteiger partial charge on any atom is 0.125 e. The van der Waals surface area contributed by atoms with Crippen molar-refractivity contribution in [2.45, 2.75) is 45.7 Å². The average molecular weight is 181 g/mol. The standard InChI is InChI=1S/C10H19N3/c1-3-5-7-13-8-6-12-10(13)9(11)4-2/h6,8-9H,3-5,7,11H2,1-2H3. The maximum absolute atomic E-state index is 5.93. The Balaban J connectivity index is 2.65. The third-order valence-electron chi connectivity index (χ3n) is 2.27. The Hall–Kier alpha value is -0.830. The van der Waals surface area contributed by atoms with E-state index in [0.717, 1.165) is 18.8 Å². The minimum absolute atomic E-state index is 0.0897. The Bertz CT molecular complexity index is 242. The van der Waals surface area contributed by atoms with Crippen molar-refractivity contribution in [3.63, 3.8) is 0 Å². The number of aryl methyl sites for hydroxylation is 1. The SMILES string of the molecule is CCCCn1ccnc1C(N)CC. The van der Waals surface area contributed by atoms with E-state index in [9.17, 15) is 0 Å². The molecule has 1 unspecified atom stereocenters. The summed E-state index contributed by atoms with van der Waals surface area (Å²) in [6.45, 7) is 5.32. The van der Waals surface area contributed by atoms with Crippen molar-refractivity contribution in [3.05, 3.63) is 18.2 Å². The molecule has 0 spiro atoms. The van der Waals surface area contributed by atoms with E-state index in [1.807, 2.05) is 12.4 Å². The summed E-state index contributed by atoms with van der Waals surface area (Å²) < 4.78 is 2.16. The van der Waals surface area contributed by atoms with Crippen LogP contribution < -0.4 is 5.73 Å². The van der Waals surface area contributed by atoms with Gasteiger partial charge in [-0.25, -0.2) is 4.98 Å². The van der Waals surface area contributed by atoms with Crippen LogP contribution in [0.25, 0.3) is 0 Å². The molecule has 0 radical (unpaired) electrons. The number of aromatic nitrogens is 2. The quantitative estimate of drug-likeness (QED) is 0.756. The smallest absolute Gasteiger partial charge is 0.125 e. The van der Waals surface area contributed by atoms with Gasteiger partial charge in [0, 0.05) is 18.9 Å². The normalized spacial score (nSPS) is 13.2. The summed E-state index contributed by atoms with van der Waals surface area (Å²) in [6.07, 6.45) is 7.20. The summed E-state index contributed by atoms with van der Waals surface area (Å²) >= 11 is 0. The maximum atomic E-state index is 5.93. The Morgan fingerprint density at radius 1 is 1.54 bits per heavy atom. The summed E-state index contributed by atoms with van der Waals surface area (Å²) in [5.74, 6) is 1.02. The molecule has 74 valence electrons. The Kier molecular flexibility index (Phi) is 3.96. The number of nitrogens with zero attached hydrogens (tertiary/aromatic N) is 2. The highest BCUT2D eigenvalue weighted by molar-refractivity contribution is 4.97. The molecule has 3 heteroatoms. The first-order valence-corrected chi connectivity index (χ1v) is 5.06. The van der Waals surface area contributed by atoms with Crippen molar-refractivity contribution in [2.24, 2.45) is 5.73 Å². The van der Waals surface area contributed by atoms with Crippen molar-refractivity contribution in [1.82, 2.24) is 9.55 Å². The Morgan fingerprint density at radius 2 is 2.31 bits per heavy atom. The van der Waals surface area contributed by atoms with Gasteiger partial charge in [0.15, 0.2) is 0 Å². The largest absolute Gasteiger partial charge is 0.334 e. The first-order chi connectivity index (χ1) is 6.29. The molecule has 0 aromatic carbocycles. The first-order valence-electron chi connectivity index (χ1n) is 5.06.